The number of hydrogen-bond donors (Lipinski definition) is 1. The lowest BCUT2D eigenvalue weighted by atomic mass is 10.0. The van der Waals surface area contributed by atoms with Gasteiger partial charge < -0.3 is 4.74 Å². The molecule has 1 heterocycles. The summed E-state index contributed by atoms with van der Waals surface area (Å²) in [4.78, 5) is 35.2. The summed E-state index contributed by atoms with van der Waals surface area (Å²) >= 11 is 0. The minimum atomic E-state index is -0.903. The molecule has 0 unspecified atom stereocenters. The van der Waals surface area contributed by atoms with Crippen LogP contribution in [0.3, 0.4) is 0 Å². The van der Waals surface area contributed by atoms with E-state index in [4.69, 9.17) is 4.74 Å². The molecule has 1 amide bonds. The zero-order chi connectivity index (χ0) is 16.8. The van der Waals surface area contributed by atoms with E-state index in [1.54, 1.807) is 12.1 Å². The maximum Gasteiger partial charge on any atom is 0.355 e. The Hall–Kier alpha value is -2.50. The Kier molecular flexibility index (Phi) is 5.62. The standard InChI is InChI=1S/C17H20N2O4/c1-3-4-12-5-7-13(8-6-12)16(21)11(2)23-17(22)14-9-10-15(20)19-18-14/h5-8,11H,3-4,9-10H2,1-2H3,(H,19,20)/t11-/m0/s1. The van der Waals surface area contributed by atoms with E-state index in [1.165, 1.54) is 12.5 Å². The summed E-state index contributed by atoms with van der Waals surface area (Å²) in [5.74, 6) is -1.17. The number of hydrogen-bond acceptors (Lipinski definition) is 5. The molecule has 0 bridgehead atoms. The smallest absolute Gasteiger partial charge is 0.355 e. The van der Waals surface area contributed by atoms with Gasteiger partial charge in [0.05, 0.1) is 0 Å². The summed E-state index contributed by atoms with van der Waals surface area (Å²) in [5, 5.41) is 3.66. The second kappa shape index (κ2) is 7.67. The van der Waals surface area contributed by atoms with Gasteiger partial charge in [0, 0.05) is 18.4 Å². The molecular weight excluding hydrogens is 296 g/mol. The highest BCUT2D eigenvalue weighted by Crippen LogP contribution is 2.11. The highest BCUT2D eigenvalue weighted by atomic mass is 16.5. The molecule has 0 aliphatic carbocycles. The second-order valence-corrected chi connectivity index (χ2v) is 5.45. The van der Waals surface area contributed by atoms with Crippen molar-refractivity contribution in [3.63, 3.8) is 0 Å². The van der Waals surface area contributed by atoms with E-state index in [0.717, 1.165) is 12.8 Å². The average molecular weight is 316 g/mol. The molecule has 6 heteroatoms. The number of nitrogens with one attached hydrogen (secondary N) is 1. The van der Waals surface area contributed by atoms with E-state index in [2.05, 4.69) is 17.5 Å². The van der Waals surface area contributed by atoms with Gasteiger partial charge in [-0.3, -0.25) is 9.59 Å². The Morgan fingerprint density at radius 1 is 1.26 bits per heavy atom. The van der Waals surface area contributed by atoms with Crippen molar-refractivity contribution in [2.75, 3.05) is 0 Å². The Labute approximate surface area is 134 Å². The SMILES string of the molecule is CCCc1ccc(C(=O)[C@H](C)OC(=O)C2=NNC(=O)CC2)cc1. The first kappa shape index (κ1) is 16.9. The van der Waals surface area contributed by atoms with Crippen LogP contribution in [0.4, 0.5) is 0 Å². The monoisotopic (exact) mass is 316 g/mol. The van der Waals surface area contributed by atoms with E-state index in [-0.39, 0.29) is 30.2 Å². The lowest BCUT2D eigenvalue weighted by molar-refractivity contribution is -0.138. The van der Waals surface area contributed by atoms with Crippen LogP contribution in [-0.4, -0.2) is 29.5 Å². The van der Waals surface area contributed by atoms with Gasteiger partial charge in [-0.05, 0) is 18.9 Å². The van der Waals surface area contributed by atoms with Gasteiger partial charge in [0.25, 0.3) is 0 Å². The third kappa shape index (κ3) is 4.48. The van der Waals surface area contributed by atoms with Crippen LogP contribution in [0.15, 0.2) is 29.4 Å². The van der Waals surface area contributed by atoms with Crippen LogP contribution in [0.2, 0.25) is 0 Å². The van der Waals surface area contributed by atoms with Gasteiger partial charge in [0.1, 0.15) is 5.71 Å². The molecule has 1 N–H and O–H groups in total. The van der Waals surface area contributed by atoms with E-state index in [9.17, 15) is 14.4 Å². The average Bonchev–Trinajstić information content (AvgIpc) is 2.55. The number of carbonyl (C=O) groups excluding carboxylic acids is 3. The summed E-state index contributed by atoms with van der Waals surface area (Å²) in [5.41, 5.74) is 4.03. The van der Waals surface area contributed by atoms with E-state index in [1.807, 2.05) is 12.1 Å². The molecule has 2 rings (SSSR count). The molecule has 1 aliphatic rings. The Morgan fingerprint density at radius 2 is 1.96 bits per heavy atom. The first-order valence-corrected chi connectivity index (χ1v) is 7.70. The molecule has 0 saturated carbocycles. The van der Waals surface area contributed by atoms with Crippen molar-refractivity contribution in [1.29, 1.82) is 0 Å². The topological polar surface area (TPSA) is 84.8 Å². The predicted molar refractivity (Wildman–Crippen MR) is 85.1 cm³/mol. The van der Waals surface area contributed by atoms with Crippen molar-refractivity contribution in [3.8, 4) is 0 Å². The van der Waals surface area contributed by atoms with Gasteiger partial charge in [0.2, 0.25) is 11.7 Å². The summed E-state index contributed by atoms with van der Waals surface area (Å²) in [7, 11) is 0. The molecule has 0 aromatic heterocycles. The van der Waals surface area contributed by atoms with Gasteiger partial charge in [-0.15, -0.1) is 0 Å². The van der Waals surface area contributed by atoms with Crippen molar-refractivity contribution < 1.29 is 19.1 Å². The zero-order valence-electron chi connectivity index (χ0n) is 13.3. The first-order chi connectivity index (χ1) is 11.0. The van der Waals surface area contributed by atoms with Gasteiger partial charge >= 0.3 is 5.97 Å². The summed E-state index contributed by atoms with van der Waals surface area (Å²) in [6.45, 7) is 3.62. The maximum atomic E-state index is 12.3. The number of amides is 1. The molecular formula is C17H20N2O4. The number of ketones is 1. The molecule has 1 aromatic carbocycles. The van der Waals surface area contributed by atoms with Crippen molar-refractivity contribution in [3.05, 3.63) is 35.4 Å². The van der Waals surface area contributed by atoms with Crippen LogP contribution in [0.5, 0.6) is 0 Å². The Morgan fingerprint density at radius 3 is 2.52 bits per heavy atom. The summed E-state index contributed by atoms with van der Waals surface area (Å²) in [6.07, 6.45) is 1.51. The van der Waals surface area contributed by atoms with Crippen LogP contribution in [0.1, 0.15) is 49.0 Å². The van der Waals surface area contributed by atoms with Gasteiger partial charge in [0.15, 0.2) is 6.10 Å². The van der Waals surface area contributed by atoms with Gasteiger partial charge in [-0.25, -0.2) is 10.2 Å². The van der Waals surface area contributed by atoms with Gasteiger partial charge in [-0.2, -0.15) is 5.10 Å². The molecule has 23 heavy (non-hydrogen) atoms. The number of benzene rings is 1. The zero-order valence-corrected chi connectivity index (χ0v) is 13.3. The number of hydrazone groups is 1. The lowest BCUT2D eigenvalue weighted by Gasteiger charge is -2.15. The summed E-state index contributed by atoms with van der Waals surface area (Å²) in [6, 6.07) is 7.31. The molecule has 1 aliphatic heterocycles. The van der Waals surface area contributed by atoms with Crippen LogP contribution in [0.25, 0.3) is 0 Å². The van der Waals surface area contributed by atoms with E-state index >= 15 is 0 Å². The Bertz CT molecular complexity index is 634. The predicted octanol–water partition coefficient (Wildman–Crippen LogP) is 2.02. The third-order valence-corrected chi connectivity index (χ3v) is 3.57. The third-order valence-electron chi connectivity index (χ3n) is 3.57. The summed E-state index contributed by atoms with van der Waals surface area (Å²) < 4.78 is 5.15. The number of rotatable bonds is 6. The number of Topliss-reactive ketones (excluding diaryl/α,β-unsaturated/α-hetero) is 1. The molecule has 0 radical (unpaired) electrons. The molecule has 0 saturated heterocycles. The van der Waals surface area contributed by atoms with Crippen LogP contribution >= 0.6 is 0 Å². The quantitative estimate of drug-likeness (QED) is 0.643. The van der Waals surface area contributed by atoms with Crippen molar-refractivity contribution in [2.24, 2.45) is 5.10 Å². The number of carbonyl (C=O) groups is 3. The number of esters is 1. The molecule has 6 nitrogen and oxygen atoms in total. The van der Waals surface area contributed by atoms with Crippen molar-refractivity contribution in [2.45, 2.75) is 45.6 Å². The van der Waals surface area contributed by atoms with Gasteiger partial charge in [-0.1, -0.05) is 37.6 Å². The van der Waals surface area contributed by atoms with Crippen LogP contribution < -0.4 is 5.43 Å². The fourth-order valence-corrected chi connectivity index (χ4v) is 2.26. The second-order valence-electron chi connectivity index (χ2n) is 5.45. The van der Waals surface area contributed by atoms with E-state index in [0.29, 0.717) is 5.56 Å². The number of nitrogens with zero attached hydrogens (tertiary/aromatic N) is 1. The largest absolute Gasteiger partial charge is 0.450 e. The van der Waals surface area contributed by atoms with E-state index < -0.39 is 12.1 Å². The molecule has 1 atom stereocenters. The fraction of sp³-hybridized carbons (Fsp3) is 0.412. The normalized spacial score (nSPS) is 15.4. The van der Waals surface area contributed by atoms with Crippen LogP contribution in [0, 0.1) is 0 Å². The highest BCUT2D eigenvalue weighted by molar-refractivity contribution is 6.37. The van der Waals surface area contributed by atoms with Crippen LogP contribution in [-0.2, 0) is 20.7 Å². The minimum Gasteiger partial charge on any atom is -0.450 e. The molecule has 122 valence electrons. The fourth-order valence-electron chi connectivity index (χ4n) is 2.26. The molecule has 0 fully saturated rings. The number of aryl methyl sites for hydroxylation is 1. The highest BCUT2D eigenvalue weighted by Gasteiger charge is 2.24. The number of ether oxygens (including phenoxy) is 1. The lowest BCUT2D eigenvalue weighted by Crippen LogP contribution is -2.34. The maximum absolute atomic E-state index is 12.3. The molecule has 1 aromatic rings. The Balaban J connectivity index is 1.96. The van der Waals surface area contributed by atoms with Crippen molar-refractivity contribution in [1.82, 2.24) is 5.43 Å². The molecule has 0 spiro atoms. The van der Waals surface area contributed by atoms with Crippen molar-refractivity contribution >= 4 is 23.4 Å². The minimum absolute atomic E-state index is 0.127. The first-order valence-electron chi connectivity index (χ1n) is 7.70.